The summed E-state index contributed by atoms with van der Waals surface area (Å²) in [6, 6.07) is 2.95. The van der Waals surface area contributed by atoms with Crippen LogP contribution in [-0.4, -0.2) is 40.5 Å². The van der Waals surface area contributed by atoms with Crippen LogP contribution in [0.4, 0.5) is 0 Å². The lowest BCUT2D eigenvalue weighted by molar-refractivity contribution is -0.142. The highest BCUT2D eigenvalue weighted by Crippen LogP contribution is 2.27. The van der Waals surface area contributed by atoms with E-state index in [1.807, 2.05) is 36.7 Å². The number of aromatic nitrogens is 1. The number of carbonyl (C=O) groups excluding carboxylic acids is 2. The number of nitrogens with one attached hydrogen (secondary N) is 2. The molecule has 0 aliphatic heterocycles. The zero-order valence-electron chi connectivity index (χ0n) is 14.5. The molecule has 7 nitrogen and oxygen atoms in total. The Kier molecular flexibility index (Phi) is 7.28. The highest BCUT2D eigenvalue weighted by Gasteiger charge is 2.21. The molecule has 0 unspecified atom stereocenters. The standard InChI is InChI=1S/C17H21N3O4S2/c1-10(2)6-12(17(23)24)20-15(22)8-18-14(21)7-11-9-26-16(19-11)13-4-3-5-25-13/h3-5,9-10,12H,6-8H2,1-2H3,(H,18,21)(H,20,22)(H,23,24)/t12-/m0/s1. The molecule has 0 fully saturated rings. The SMILES string of the molecule is CC(C)C[C@H](NC(=O)CNC(=O)Cc1csc(-c2cccs2)n1)C(=O)O. The van der Waals surface area contributed by atoms with Gasteiger partial charge in [0.25, 0.3) is 0 Å². The van der Waals surface area contributed by atoms with Gasteiger partial charge in [-0.05, 0) is 23.8 Å². The van der Waals surface area contributed by atoms with Gasteiger partial charge in [0, 0.05) is 5.38 Å². The molecule has 2 rings (SSSR count). The lowest BCUT2D eigenvalue weighted by Gasteiger charge is -2.16. The van der Waals surface area contributed by atoms with E-state index in [0.29, 0.717) is 12.1 Å². The summed E-state index contributed by atoms with van der Waals surface area (Å²) in [6.07, 6.45) is 0.406. The molecule has 0 bridgehead atoms. The quantitative estimate of drug-likeness (QED) is 0.603. The third kappa shape index (κ3) is 6.23. The van der Waals surface area contributed by atoms with Crippen LogP contribution in [0.1, 0.15) is 26.0 Å². The third-order valence-electron chi connectivity index (χ3n) is 3.41. The van der Waals surface area contributed by atoms with Crippen LogP contribution in [0.5, 0.6) is 0 Å². The molecule has 9 heteroatoms. The molecule has 140 valence electrons. The third-order valence-corrected chi connectivity index (χ3v) is 5.34. The number of thiazole rings is 1. The van der Waals surface area contributed by atoms with E-state index in [9.17, 15) is 14.4 Å². The highest BCUT2D eigenvalue weighted by molar-refractivity contribution is 7.20. The molecule has 2 aromatic rings. The smallest absolute Gasteiger partial charge is 0.326 e. The Morgan fingerprint density at radius 3 is 2.62 bits per heavy atom. The van der Waals surface area contributed by atoms with Gasteiger partial charge in [0.2, 0.25) is 11.8 Å². The monoisotopic (exact) mass is 395 g/mol. The number of aliphatic carboxylic acids is 1. The minimum atomic E-state index is -1.08. The Morgan fingerprint density at radius 2 is 2.00 bits per heavy atom. The second-order valence-electron chi connectivity index (χ2n) is 6.16. The maximum atomic E-state index is 12.0. The van der Waals surface area contributed by atoms with Crippen molar-refractivity contribution in [3.8, 4) is 9.88 Å². The van der Waals surface area contributed by atoms with Crippen molar-refractivity contribution in [2.75, 3.05) is 6.54 Å². The molecule has 1 atom stereocenters. The van der Waals surface area contributed by atoms with Gasteiger partial charge < -0.3 is 15.7 Å². The van der Waals surface area contributed by atoms with Crippen LogP contribution in [0.25, 0.3) is 9.88 Å². The molecule has 0 radical (unpaired) electrons. The van der Waals surface area contributed by atoms with E-state index in [1.54, 1.807) is 11.3 Å². The first-order chi connectivity index (χ1) is 12.3. The van der Waals surface area contributed by atoms with Gasteiger partial charge in [-0.15, -0.1) is 22.7 Å². The van der Waals surface area contributed by atoms with Crippen molar-refractivity contribution in [3.05, 3.63) is 28.6 Å². The summed E-state index contributed by atoms with van der Waals surface area (Å²) in [4.78, 5) is 40.4. The maximum Gasteiger partial charge on any atom is 0.326 e. The molecule has 0 aliphatic rings. The van der Waals surface area contributed by atoms with Crippen LogP contribution < -0.4 is 10.6 Å². The number of nitrogens with zero attached hydrogens (tertiary/aromatic N) is 1. The van der Waals surface area contributed by atoms with Gasteiger partial charge in [-0.25, -0.2) is 9.78 Å². The number of amides is 2. The van der Waals surface area contributed by atoms with E-state index in [2.05, 4.69) is 15.6 Å². The van der Waals surface area contributed by atoms with Crippen LogP contribution in [-0.2, 0) is 20.8 Å². The predicted octanol–water partition coefficient (Wildman–Crippen LogP) is 2.15. The van der Waals surface area contributed by atoms with Gasteiger partial charge in [0.15, 0.2) is 0 Å². The van der Waals surface area contributed by atoms with E-state index >= 15 is 0 Å². The number of hydrogen-bond donors (Lipinski definition) is 3. The fourth-order valence-electron chi connectivity index (χ4n) is 2.25. The van der Waals surface area contributed by atoms with Crippen molar-refractivity contribution >= 4 is 40.5 Å². The van der Waals surface area contributed by atoms with Crippen LogP contribution in [0, 0.1) is 5.92 Å². The summed E-state index contributed by atoms with van der Waals surface area (Å²) >= 11 is 3.05. The highest BCUT2D eigenvalue weighted by atomic mass is 32.1. The van der Waals surface area contributed by atoms with Crippen molar-refractivity contribution in [2.45, 2.75) is 32.7 Å². The summed E-state index contributed by atoms with van der Waals surface area (Å²) in [6.45, 7) is 3.49. The normalized spacial score (nSPS) is 12.0. The molecule has 2 aromatic heterocycles. The molecule has 0 saturated heterocycles. The molecular formula is C17H21N3O4S2. The van der Waals surface area contributed by atoms with Gasteiger partial charge >= 0.3 is 5.97 Å². The molecular weight excluding hydrogens is 374 g/mol. The van der Waals surface area contributed by atoms with Crippen molar-refractivity contribution in [3.63, 3.8) is 0 Å². The van der Waals surface area contributed by atoms with E-state index in [4.69, 9.17) is 5.11 Å². The Morgan fingerprint density at radius 1 is 1.23 bits per heavy atom. The van der Waals surface area contributed by atoms with Crippen molar-refractivity contribution < 1.29 is 19.5 Å². The second kappa shape index (κ2) is 9.44. The zero-order chi connectivity index (χ0) is 19.1. The van der Waals surface area contributed by atoms with E-state index < -0.39 is 17.9 Å². The van der Waals surface area contributed by atoms with Gasteiger partial charge in [0.05, 0.1) is 23.5 Å². The van der Waals surface area contributed by atoms with E-state index in [1.165, 1.54) is 11.3 Å². The molecule has 2 amide bonds. The summed E-state index contributed by atoms with van der Waals surface area (Å²) in [5.41, 5.74) is 0.638. The summed E-state index contributed by atoms with van der Waals surface area (Å²) < 4.78 is 0. The van der Waals surface area contributed by atoms with Crippen LogP contribution >= 0.6 is 22.7 Å². The van der Waals surface area contributed by atoms with Gasteiger partial charge in [-0.2, -0.15) is 0 Å². The number of carboxylic acids is 1. The number of thiophene rings is 1. The number of rotatable bonds is 9. The topological polar surface area (TPSA) is 108 Å². The molecule has 2 heterocycles. The average Bonchev–Trinajstić information content (AvgIpc) is 3.22. The lowest BCUT2D eigenvalue weighted by atomic mass is 10.0. The Hall–Kier alpha value is -2.26. The fourth-order valence-corrected chi connectivity index (χ4v) is 3.88. The Balaban J connectivity index is 1.79. The number of hydrogen-bond acceptors (Lipinski definition) is 6. The number of carbonyl (C=O) groups is 3. The minimum absolute atomic E-state index is 0.0729. The Labute approximate surface area is 159 Å². The molecule has 26 heavy (non-hydrogen) atoms. The average molecular weight is 396 g/mol. The number of carboxylic acid groups (broad SMARTS) is 1. The molecule has 0 aliphatic carbocycles. The van der Waals surface area contributed by atoms with Gasteiger partial charge in [-0.1, -0.05) is 19.9 Å². The molecule has 0 aromatic carbocycles. The summed E-state index contributed by atoms with van der Waals surface area (Å²) in [7, 11) is 0. The molecule has 0 spiro atoms. The lowest BCUT2D eigenvalue weighted by Crippen LogP contribution is -2.46. The summed E-state index contributed by atoms with van der Waals surface area (Å²) in [5.74, 6) is -1.81. The van der Waals surface area contributed by atoms with Gasteiger partial charge in [-0.3, -0.25) is 9.59 Å². The van der Waals surface area contributed by atoms with Crippen LogP contribution in [0.3, 0.4) is 0 Å². The van der Waals surface area contributed by atoms with Crippen LogP contribution in [0.2, 0.25) is 0 Å². The summed E-state index contributed by atoms with van der Waals surface area (Å²) in [5, 5.41) is 18.7. The van der Waals surface area contributed by atoms with Crippen molar-refractivity contribution in [1.82, 2.24) is 15.6 Å². The largest absolute Gasteiger partial charge is 0.480 e. The van der Waals surface area contributed by atoms with Crippen molar-refractivity contribution in [2.24, 2.45) is 5.92 Å². The minimum Gasteiger partial charge on any atom is -0.480 e. The van der Waals surface area contributed by atoms with E-state index in [-0.39, 0.29) is 24.8 Å². The first-order valence-electron chi connectivity index (χ1n) is 8.12. The molecule has 3 N–H and O–H groups in total. The predicted molar refractivity (Wildman–Crippen MR) is 101 cm³/mol. The second-order valence-corrected chi connectivity index (χ2v) is 7.97. The first-order valence-corrected chi connectivity index (χ1v) is 9.88. The first kappa shape index (κ1) is 20.1. The maximum absolute atomic E-state index is 12.0. The van der Waals surface area contributed by atoms with Crippen LogP contribution in [0.15, 0.2) is 22.9 Å². The fraction of sp³-hybridized carbons (Fsp3) is 0.412. The Bertz CT molecular complexity index is 756. The van der Waals surface area contributed by atoms with E-state index in [0.717, 1.165) is 9.88 Å². The molecule has 0 saturated carbocycles. The zero-order valence-corrected chi connectivity index (χ0v) is 16.2. The van der Waals surface area contributed by atoms with Crippen molar-refractivity contribution in [1.29, 1.82) is 0 Å². The van der Waals surface area contributed by atoms with Gasteiger partial charge in [0.1, 0.15) is 11.0 Å².